The number of hydrogen-bond donors (Lipinski definition) is 1. The normalized spacial score (nSPS) is 11.3. The summed E-state index contributed by atoms with van der Waals surface area (Å²) < 4.78 is 4.69. The lowest BCUT2D eigenvalue weighted by molar-refractivity contribution is 0.0600. The quantitative estimate of drug-likeness (QED) is 0.714. The van der Waals surface area contributed by atoms with Gasteiger partial charge in [0.2, 0.25) is 0 Å². The third-order valence-corrected chi connectivity index (χ3v) is 3.69. The number of carbonyl (C=O) groups excluding carboxylic acids is 1. The number of methoxy groups -OCH3 is 1. The Morgan fingerprint density at radius 3 is 2.24 bits per heavy atom. The van der Waals surface area contributed by atoms with Crippen molar-refractivity contribution in [3.8, 4) is 0 Å². The van der Waals surface area contributed by atoms with Crippen LogP contribution in [0.5, 0.6) is 0 Å². The van der Waals surface area contributed by atoms with Gasteiger partial charge in [0.25, 0.3) is 0 Å². The van der Waals surface area contributed by atoms with E-state index in [0.29, 0.717) is 11.5 Å². The first kappa shape index (κ1) is 20.7. The first-order valence-electron chi connectivity index (χ1n) is 8.87. The number of hydrogen-bond acceptors (Lipinski definition) is 4. The van der Waals surface area contributed by atoms with Crippen LogP contribution in [0.15, 0.2) is 42.6 Å². The molecule has 0 saturated carbocycles. The minimum atomic E-state index is -0.374. The minimum absolute atomic E-state index is 0.187. The van der Waals surface area contributed by atoms with Crippen LogP contribution in [0.4, 0.5) is 5.82 Å². The van der Waals surface area contributed by atoms with Gasteiger partial charge in [-0.1, -0.05) is 57.5 Å². The highest BCUT2D eigenvalue weighted by Crippen LogP contribution is 2.25. The van der Waals surface area contributed by atoms with Gasteiger partial charge in [0, 0.05) is 6.20 Å². The van der Waals surface area contributed by atoms with Gasteiger partial charge >= 0.3 is 5.97 Å². The van der Waals surface area contributed by atoms with Crippen molar-refractivity contribution in [1.29, 1.82) is 0 Å². The van der Waals surface area contributed by atoms with Crippen molar-refractivity contribution in [1.82, 2.24) is 4.98 Å². The zero-order valence-electron chi connectivity index (χ0n) is 16.2. The zero-order valence-corrected chi connectivity index (χ0v) is 16.2. The van der Waals surface area contributed by atoms with E-state index in [9.17, 15) is 4.79 Å². The van der Waals surface area contributed by atoms with Gasteiger partial charge in [0.05, 0.1) is 18.7 Å². The number of nitrogens with one attached hydrogen (secondary N) is 1. The molecule has 0 aliphatic rings. The average Bonchev–Trinajstić information content (AvgIpc) is 2.63. The van der Waals surface area contributed by atoms with Gasteiger partial charge in [-0.25, -0.2) is 9.78 Å². The van der Waals surface area contributed by atoms with Gasteiger partial charge in [-0.2, -0.15) is 0 Å². The third kappa shape index (κ3) is 6.57. The van der Waals surface area contributed by atoms with E-state index < -0.39 is 0 Å². The molecule has 0 saturated heterocycles. The molecule has 1 aromatic heterocycles. The van der Waals surface area contributed by atoms with E-state index in [4.69, 9.17) is 4.74 Å². The van der Waals surface area contributed by atoms with Gasteiger partial charge in [0.1, 0.15) is 5.82 Å². The van der Waals surface area contributed by atoms with E-state index in [1.807, 2.05) is 19.9 Å². The number of anilines is 1. The molecule has 25 heavy (non-hydrogen) atoms. The van der Waals surface area contributed by atoms with Gasteiger partial charge in [-0.3, -0.25) is 0 Å². The lowest BCUT2D eigenvalue weighted by atomic mass is 9.96. The molecule has 2 aromatic rings. The molecule has 136 valence electrons. The molecule has 0 aliphatic carbocycles. The molecule has 1 heterocycles. The van der Waals surface area contributed by atoms with Crippen molar-refractivity contribution in [2.45, 2.75) is 47.1 Å². The SMILES string of the molecule is CC.COC(=O)c1ccc(NC(CC(C)C)c2ccc(C)cc2)nc1. The molecule has 1 aromatic carbocycles. The van der Waals surface area contributed by atoms with Crippen LogP contribution in [-0.4, -0.2) is 18.1 Å². The first-order chi connectivity index (χ1) is 12.0. The Morgan fingerprint density at radius 1 is 1.12 bits per heavy atom. The highest BCUT2D eigenvalue weighted by Gasteiger charge is 2.14. The van der Waals surface area contributed by atoms with Crippen LogP contribution in [0.1, 0.15) is 61.6 Å². The van der Waals surface area contributed by atoms with E-state index in [-0.39, 0.29) is 12.0 Å². The topological polar surface area (TPSA) is 51.2 Å². The second kappa shape index (κ2) is 10.5. The number of carbonyl (C=O) groups is 1. The number of aromatic nitrogens is 1. The standard InChI is InChI=1S/C19H24N2O2.C2H6/c1-13(2)11-17(15-7-5-14(3)6-8-15)21-18-10-9-16(12-20-18)19(22)23-4;1-2/h5-10,12-13,17H,11H2,1-4H3,(H,20,21);1-2H3. The first-order valence-corrected chi connectivity index (χ1v) is 8.87. The molecule has 4 nitrogen and oxygen atoms in total. The molecule has 1 N–H and O–H groups in total. The van der Waals surface area contributed by atoms with Gasteiger partial charge in [0.15, 0.2) is 0 Å². The number of nitrogens with zero attached hydrogens (tertiary/aromatic N) is 1. The molecule has 2 rings (SSSR count). The molecular weight excluding hydrogens is 312 g/mol. The Hall–Kier alpha value is -2.36. The van der Waals surface area contributed by atoms with E-state index in [1.54, 1.807) is 6.07 Å². The maximum absolute atomic E-state index is 11.5. The molecule has 1 unspecified atom stereocenters. The smallest absolute Gasteiger partial charge is 0.339 e. The maximum Gasteiger partial charge on any atom is 0.339 e. The van der Waals surface area contributed by atoms with Crippen LogP contribution in [0.2, 0.25) is 0 Å². The van der Waals surface area contributed by atoms with Crippen LogP contribution in [-0.2, 0) is 4.74 Å². The molecule has 0 fully saturated rings. The van der Waals surface area contributed by atoms with Crippen molar-refractivity contribution in [2.24, 2.45) is 5.92 Å². The fourth-order valence-corrected chi connectivity index (χ4v) is 2.44. The van der Waals surface area contributed by atoms with E-state index in [0.717, 1.165) is 12.2 Å². The predicted octanol–water partition coefficient (Wildman–Crippen LogP) is 5.40. The van der Waals surface area contributed by atoms with Gasteiger partial charge < -0.3 is 10.1 Å². The Balaban J connectivity index is 0.00000151. The second-order valence-corrected chi connectivity index (χ2v) is 6.16. The summed E-state index contributed by atoms with van der Waals surface area (Å²) in [6.45, 7) is 10.5. The number of pyridine rings is 1. The number of esters is 1. The van der Waals surface area contributed by atoms with Crippen LogP contribution in [0.25, 0.3) is 0 Å². The fourth-order valence-electron chi connectivity index (χ4n) is 2.44. The Morgan fingerprint density at radius 2 is 1.76 bits per heavy atom. The molecule has 4 heteroatoms. The summed E-state index contributed by atoms with van der Waals surface area (Å²) in [5, 5.41) is 3.47. The second-order valence-electron chi connectivity index (χ2n) is 6.16. The van der Waals surface area contributed by atoms with E-state index >= 15 is 0 Å². The van der Waals surface area contributed by atoms with Crippen LogP contribution < -0.4 is 5.32 Å². The molecule has 1 atom stereocenters. The summed E-state index contributed by atoms with van der Waals surface area (Å²) in [6.07, 6.45) is 2.54. The number of rotatable bonds is 6. The van der Waals surface area contributed by atoms with Crippen molar-refractivity contribution in [3.05, 3.63) is 59.3 Å². The number of aryl methyl sites for hydroxylation is 1. The molecule has 0 radical (unpaired) electrons. The summed E-state index contributed by atoms with van der Waals surface area (Å²) in [6, 6.07) is 12.3. The molecular formula is C21H30N2O2. The average molecular weight is 342 g/mol. The third-order valence-electron chi connectivity index (χ3n) is 3.69. The fraction of sp³-hybridized carbons (Fsp3) is 0.429. The highest BCUT2D eigenvalue weighted by molar-refractivity contribution is 5.89. The summed E-state index contributed by atoms with van der Waals surface area (Å²) in [5.41, 5.74) is 2.94. The molecule has 0 spiro atoms. The maximum atomic E-state index is 11.5. The lowest BCUT2D eigenvalue weighted by Gasteiger charge is -2.22. The Bertz CT molecular complexity index is 634. The van der Waals surface area contributed by atoms with Crippen molar-refractivity contribution in [2.75, 3.05) is 12.4 Å². The number of ether oxygens (including phenoxy) is 1. The highest BCUT2D eigenvalue weighted by atomic mass is 16.5. The van der Waals surface area contributed by atoms with Crippen LogP contribution >= 0.6 is 0 Å². The van der Waals surface area contributed by atoms with Crippen LogP contribution in [0, 0.1) is 12.8 Å². The Kier molecular flexibility index (Phi) is 8.68. The minimum Gasteiger partial charge on any atom is -0.465 e. The summed E-state index contributed by atoms with van der Waals surface area (Å²) >= 11 is 0. The van der Waals surface area contributed by atoms with Crippen molar-refractivity contribution < 1.29 is 9.53 Å². The summed E-state index contributed by atoms with van der Waals surface area (Å²) in [4.78, 5) is 15.8. The molecule has 0 amide bonds. The predicted molar refractivity (Wildman–Crippen MR) is 104 cm³/mol. The molecule has 0 bridgehead atoms. The monoisotopic (exact) mass is 342 g/mol. The van der Waals surface area contributed by atoms with Crippen molar-refractivity contribution in [3.63, 3.8) is 0 Å². The zero-order chi connectivity index (χ0) is 18.8. The Labute approximate surface area is 151 Å². The summed E-state index contributed by atoms with van der Waals surface area (Å²) in [5.74, 6) is 0.938. The van der Waals surface area contributed by atoms with E-state index in [2.05, 4.69) is 55.3 Å². The van der Waals surface area contributed by atoms with Crippen molar-refractivity contribution >= 4 is 11.8 Å². The van der Waals surface area contributed by atoms with E-state index in [1.165, 1.54) is 24.4 Å². The van der Waals surface area contributed by atoms with Gasteiger partial charge in [-0.15, -0.1) is 0 Å². The molecule has 0 aliphatic heterocycles. The van der Waals surface area contributed by atoms with Gasteiger partial charge in [-0.05, 0) is 37.0 Å². The van der Waals surface area contributed by atoms with Crippen LogP contribution in [0.3, 0.4) is 0 Å². The largest absolute Gasteiger partial charge is 0.465 e. The summed E-state index contributed by atoms with van der Waals surface area (Å²) in [7, 11) is 1.37. The lowest BCUT2D eigenvalue weighted by Crippen LogP contribution is -2.14. The number of benzene rings is 1.